The molecule has 1 aliphatic heterocycles. The van der Waals surface area contributed by atoms with Crippen molar-refractivity contribution in [3.05, 3.63) is 28.2 Å². The molecule has 3 amide bonds. The number of hydrogen-bond donors (Lipinski definition) is 2. The van der Waals surface area contributed by atoms with Crippen molar-refractivity contribution in [2.45, 2.75) is 19.4 Å². The summed E-state index contributed by atoms with van der Waals surface area (Å²) in [5, 5.41) is 12.0. The van der Waals surface area contributed by atoms with Crippen molar-refractivity contribution in [1.29, 1.82) is 0 Å². The second kappa shape index (κ2) is 5.62. The van der Waals surface area contributed by atoms with Gasteiger partial charge in [-0.3, -0.25) is 19.7 Å². The minimum atomic E-state index is -0.705. The fourth-order valence-corrected chi connectivity index (χ4v) is 2.48. The highest BCUT2D eigenvalue weighted by Gasteiger charge is 2.36. The molecule has 0 spiro atoms. The van der Waals surface area contributed by atoms with E-state index in [9.17, 15) is 19.5 Å². The highest BCUT2D eigenvalue weighted by molar-refractivity contribution is 9.10. The molecule has 2 rings (SSSR count). The Morgan fingerprint density at radius 2 is 2.20 bits per heavy atom. The number of amides is 3. The number of aromatic hydroxyl groups is 1. The number of nitrogens with one attached hydrogen (secondary N) is 1. The van der Waals surface area contributed by atoms with Gasteiger partial charge in [0.1, 0.15) is 18.3 Å². The summed E-state index contributed by atoms with van der Waals surface area (Å²) in [6, 6.07) is 3.74. The second-order valence-corrected chi connectivity index (χ2v) is 5.35. The summed E-state index contributed by atoms with van der Waals surface area (Å²) >= 11 is 3.18. The van der Waals surface area contributed by atoms with Crippen molar-refractivity contribution in [1.82, 2.24) is 10.2 Å². The largest absolute Gasteiger partial charge is 0.507 e. The van der Waals surface area contributed by atoms with Gasteiger partial charge >= 0.3 is 0 Å². The van der Waals surface area contributed by atoms with Crippen LogP contribution in [0.1, 0.15) is 23.7 Å². The summed E-state index contributed by atoms with van der Waals surface area (Å²) < 4.78 is 0.631. The second-order valence-electron chi connectivity index (χ2n) is 4.43. The highest BCUT2D eigenvalue weighted by Crippen LogP contribution is 2.25. The maximum atomic E-state index is 12.4. The predicted molar refractivity (Wildman–Crippen MR) is 74.1 cm³/mol. The van der Waals surface area contributed by atoms with Crippen molar-refractivity contribution in [2.24, 2.45) is 0 Å². The zero-order valence-electron chi connectivity index (χ0n) is 10.7. The number of piperazine rings is 1. The van der Waals surface area contributed by atoms with Gasteiger partial charge < -0.3 is 10.0 Å². The van der Waals surface area contributed by atoms with Gasteiger partial charge in [0, 0.05) is 4.47 Å². The van der Waals surface area contributed by atoms with E-state index in [4.69, 9.17) is 0 Å². The van der Waals surface area contributed by atoms with E-state index in [1.54, 1.807) is 13.0 Å². The summed E-state index contributed by atoms with van der Waals surface area (Å²) in [4.78, 5) is 36.7. The predicted octanol–water partition coefficient (Wildman–Crippen LogP) is 1.03. The van der Waals surface area contributed by atoms with Gasteiger partial charge in [0.05, 0.1) is 5.56 Å². The Morgan fingerprint density at radius 3 is 2.80 bits per heavy atom. The van der Waals surface area contributed by atoms with E-state index >= 15 is 0 Å². The SMILES string of the molecule is CCC1C(=O)NC(=O)CN1C(=O)c1ccc(Br)cc1O. The number of phenols is 1. The molecule has 7 heteroatoms. The van der Waals surface area contributed by atoms with Crippen molar-refractivity contribution < 1.29 is 19.5 Å². The summed E-state index contributed by atoms with van der Waals surface area (Å²) in [5.74, 6) is -1.75. The van der Waals surface area contributed by atoms with Crippen LogP contribution < -0.4 is 5.32 Å². The molecule has 20 heavy (non-hydrogen) atoms. The third-order valence-electron chi connectivity index (χ3n) is 3.09. The Kier molecular flexibility index (Phi) is 4.08. The van der Waals surface area contributed by atoms with Crippen molar-refractivity contribution in [3.8, 4) is 5.75 Å². The lowest BCUT2D eigenvalue weighted by Crippen LogP contribution is -2.59. The van der Waals surface area contributed by atoms with E-state index in [0.29, 0.717) is 10.9 Å². The van der Waals surface area contributed by atoms with Crippen LogP contribution in [0.25, 0.3) is 0 Å². The Morgan fingerprint density at radius 1 is 1.50 bits per heavy atom. The number of halogens is 1. The molecular formula is C13H13BrN2O4. The zero-order valence-corrected chi connectivity index (χ0v) is 12.3. The number of imide groups is 1. The first-order chi connectivity index (χ1) is 9.43. The molecule has 0 bridgehead atoms. The van der Waals surface area contributed by atoms with Gasteiger partial charge in [-0.25, -0.2) is 0 Å². The molecule has 1 saturated heterocycles. The van der Waals surface area contributed by atoms with E-state index in [0.717, 1.165) is 0 Å². The van der Waals surface area contributed by atoms with Crippen molar-refractivity contribution >= 4 is 33.7 Å². The van der Waals surface area contributed by atoms with E-state index in [-0.39, 0.29) is 17.9 Å². The van der Waals surface area contributed by atoms with Gasteiger partial charge in [0.15, 0.2) is 0 Å². The first-order valence-corrected chi connectivity index (χ1v) is 6.86. The molecule has 1 atom stereocenters. The van der Waals surface area contributed by atoms with Crippen LogP contribution in [0, 0.1) is 0 Å². The molecular weight excluding hydrogens is 328 g/mol. The van der Waals surface area contributed by atoms with Gasteiger partial charge in [-0.05, 0) is 24.6 Å². The van der Waals surface area contributed by atoms with Gasteiger partial charge in [0.25, 0.3) is 5.91 Å². The fourth-order valence-electron chi connectivity index (χ4n) is 2.13. The molecule has 2 N–H and O–H groups in total. The number of carbonyl (C=O) groups is 3. The molecule has 0 aliphatic carbocycles. The fraction of sp³-hybridized carbons (Fsp3) is 0.308. The van der Waals surface area contributed by atoms with Crippen LogP contribution in [0.3, 0.4) is 0 Å². The Hall–Kier alpha value is -1.89. The summed E-state index contributed by atoms with van der Waals surface area (Å²) in [7, 11) is 0. The Labute approximate surface area is 123 Å². The average molecular weight is 341 g/mol. The molecule has 0 saturated carbocycles. The molecule has 1 heterocycles. The van der Waals surface area contributed by atoms with Crippen LogP contribution in [-0.2, 0) is 9.59 Å². The van der Waals surface area contributed by atoms with Crippen LogP contribution in [0.15, 0.2) is 22.7 Å². The van der Waals surface area contributed by atoms with E-state index in [1.807, 2.05) is 0 Å². The summed E-state index contributed by atoms with van der Waals surface area (Å²) in [6.45, 7) is 1.56. The maximum absolute atomic E-state index is 12.4. The van der Waals surface area contributed by atoms with E-state index in [2.05, 4.69) is 21.2 Å². The van der Waals surface area contributed by atoms with Gasteiger partial charge in [-0.1, -0.05) is 22.9 Å². The molecule has 6 nitrogen and oxygen atoms in total. The molecule has 1 unspecified atom stereocenters. The van der Waals surface area contributed by atoms with Crippen molar-refractivity contribution in [3.63, 3.8) is 0 Å². The quantitative estimate of drug-likeness (QED) is 0.787. The van der Waals surface area contributed by atoms with Gasteiger partial charge in [0.2, 0.25) is 11.8 Å². The third-order valence-corrected chi connectivity index (χ3v) is 3.59. The molecule has 1 aliphatic rings. The number of benzene rings is 1. The summed E-state index contributed by atoms with van der Waals surface area (Å²) in [6.07, 6.45) is 0.391. The number of rotatable bonds is 2. The lowest BCUT2D eigenvalue weighted by atomic mass is 10.1. The summed E-state index contributed by atoms with van der Waals surface area (Å²) in [5.41, 5.74) is 0.0640. The number of phenolic OH excluding ortho intramolecular Hbond substituents is 1. The molecule has 1 aromatic rings. The van der Waals surface area contributed by atoms with Crippen LogP contribution >= 0.6 is 15.9 Å². The molecule has 1 fully saturated rings. The standard InChI is InChI=1S/C13H13BrN2O4/c1-2-9-12(19)15-11(18)6-16(9)13(20)8-4-3-7(14)5-10(8)17/h3-5,9,17H,2,6H2,1H3,(H,15,18,19). The minimum absolute atomic E-state index is 0.0640. The normalized spacial score (nSPS) is 18.9. The lowest BCUT2D eigenvalue weighted by molar-refractivity contribution is -0.138. The number of hydrogen-bond acceptors (Lipinski definition) is 4. The van der Waals surface area contributed by atoms with E-state index in [1.165, 1.54) is 17.0 Å². The number of carbonyl (C=O) groups excluding carboxylic acids is 3. The topological polar surface area (TPSA) is 86.7 Å². The van der Waals surface area contributed by atoms with E-state index < -0.39 is 23.8 Å². The zero-order chi connectivity index (χ0) is 14.9. The first-order valence-electron chi connectivity index (χ1n) is 6.07. The van der Waals surface area contributed by atoms with Crippen LogP contribution in [0.4, 0.5) is 0 Å². The monoisotopic (exact) mass is 340 g/mol. The van der Waals surface area contributed by atoms with Crippen LogP contribution in [0.5, 0.6) is 5.75 Å². The molecule has 106 valence electrons. The Bertz CT molecular complexity index is 588. The van der Waals surface area contributed by atoms with Crippen LogP contribution in [-0.4, -0.2) is 40.3 Å². The molecule has 0 radical (unpaired) electrons. The maximum Gasteiger partial charge on any atom is 0.258 e. The Balaban J connectivity index is 2.34. The van der Waals surface area contributed by atoms with Gasteiger partial charge in [-0.15, -0.1) is 0 Å². The first kappa shape index (κ1) is 14.5. The molecule has 0 aromatic heterocycles. The smallest absolute Gasteiger partial charge is 0.258 e. The lowest BCUT2D eigenvalue weighted by Gasteiger charge is -2.33. The minimum Gasteiger partial charge on any atom is -0.507 e. The highest BCUT2D eigenvalue weighted by atomic mass is 79.9. The van der Waals surface area contributed by atoms with Crippen LogP contribution in [0.2, 0.25) is 0 Å². The number of nitrogens with zero attached hydrogens (tertiary/aromatic N) is 1. The van der Waals surface area contributed by atoms with Crippen molar-refractivity contribution in [2.75, 3.05) is 6.54 Å². The average Bonchev–Trinajstić information content (AvgIpc) is 2.37. The van der Waals surface area contributed by atoms with Gasteiger partial charge in [-0.2, -0.15) is 0 Å². The molecule has 1 aromatic carbocycles. The third kappa shape index (κ3) is 2.67.